The van der Waals surface area contributed by atoms with E-state index in [0.29, 0.717) is 35.7 Å². The van der Waals surface area contributed by atoms with Crippen LogP contribution in [0.5, 0.6) is 0 Å². The number of aromatic amines is 1. The molecule has 0 spiro atoms. The fraction of sp³-hybridized carbons (Fsp3) is 0.370. The summed E-state index contributed by atoms with van der Waals surface area (Å²) in [5, 5.41) is 8.25. The molecule has 3 N–H and O–H groups in total. The topological polar surface area (TPSA) is 110 Å². The van der Waals surface area contributed by atoms with E-state index in [1.807, 2.05) is 35.0 Å². The lowest BCUT2D eigenvalue weighted by atomic mass is 10.1. The molecule has 0 aliphatic heterocycles. The van der Waals surface area contributed by atoms with Crippen molar-refractivity contribution >= 4 is 45.2 Å². The summed E-state index contributed by atoms with van der Waals surface area (Å²) < 4.78 is 12.0. The summed E-state index contributed by atoms with van der Waals surface area (Å²) in [4.78, 5) is 33.6. The van der Waals surface area contributed by atoms with E-state index in [9.17, 15) is 9.59 Å². The molecule has 1 aliphatic rings. The van der Waals surface area contributed by atoms with Crippen LogP contribution in [-0.4, -0.2) is 53.3 Å². The molecule has 1 aliphatic carbocycles. The molecule has 0 atom stereocenters. The average Bonchev–Trinajstić information content (AvgIpc) is 3.61. The quantitative estimate of drug-likeness (QED) is 0.299. The Balaban J connectivity index is 1.57. The van der Waals surface area contributed by atoms with E-state index in [1.165, 1.54) is 27.1 Å². The predicted octanol–water partition coefficient (Wildman–Crippen LogP) is 4.49. The Labute approximate surface area is 209 Å². The minimum absolute atomic E-state index is 0.129. The Bertz CT molecular complexity index is 1400. The van der Waals surface area contributed by atoms with E-state index in [2.05, 4.69) is 21.7 Å². The zero-order valence-electron chi connectivity index (χ0n) is 20.6. The van der Waals surface area contributed by atoms with Gasteiger partial charge in [0.05, 0.1) is 24.7 Å². The van der Waals surface area contributed by atoms with Crippen LogP contribution in [0.2, 0.25) is 0 Å². The van der Waals surface area contributed by atoms with Gasteiger partial charge in [-0.1, -0.05) is 31.0 Å². The molecule has 1 saturated carbocycles. The Hall–Kier alpha value is -3.85. The second-order valence-corrected chi connectivity index (χ2v) is 9.18. The van der Waals surface area contributed by atoms with Gasteiger partial charge in [-0.25, -0.2) is 9.78 Å². The van der Waals surface area contributed by atoms with Crippen molar-refractivity contribution in [1.29, 1.82) is 0 Å². The molecule has 1 aromatic carbocycles. The van der Waals surface area contributed by atoms with Crippen molar-refractivity contribution in [2.45, 2.75) is 44.7 Å². The maximum absolute atomic E-state index is 13.0. The number of benzene rings is 1. The van der Waals surface area contributed by atoms with Crippen molar-refractivity contribution in [1.82, 2.24) is 14.5 Å². The number of rotatable bonds is 9. The number of anilines is 2. The van der Waals surface area contributed by atoms with Gasteiger partial charge in [0.2, 0.25) is 5.91 Å². The van der Waals surface area contributed by atoms with E-state index in [1.54, 1.807) is 6.20 Å². The number of H-pyrrole nitrogens is 1. The fourth-order valence-electron chi connectivity index (χ4n) is 5.14. The summed E-state index contributed by atoms with van der Waals surface area (Å²) in [6, 6.07) is 10.5. The Kier molecular flexibility index (Phi) is 6.90. The number of para-hydroxylation sites is 1. The molecule has 9 nitrogen and oxygen atoms in total. The third kappa shape index (κ3) is 4.66. The van der Waals surface area contributed by atoms with Gasteiger partial charge in [-0.15, -0.1) is 0 Å². The number of amides is 1. The average molecular weight is 490 g/mol. The third-order valence-corrected chi connectivity index (χ3v) is 6.82. The van der Waals surface area contributed by atoms with E-state index < -0.39 is 5.97 Å². The third-order valence-electron chi connectivity index (χ3n) is 6.82. The number of hydrogen-bond donors (Lipinski definition) is 3. The normalized spacial score (nSPS) is 13.9. The van der Waals surface area contributed by atoms with Gasteiger partial charge in [-0.05, 0) is 37.0 Å². The number of fused-ring (bicyclic) bond motifs is 2. The van der Waals surface area contributed by atoms with Gasteiger partial charge in [-0.2, -0.15) is 0 Å². The van der Waals surface area contributed by atoms with Crippen molar-refractivity contribution in [3.63, 3.8) is 0 Å². The van der Waals surface area contributed by atoms with Gasteiger partial charge >= 0.3 is 5.97 Å². The molecule has 0 saturated heterocycles. The molecule has 3 aromatic heterocycles. The van der Waals surface area contributed by atoms with Crippen molar-refractivity contribution in [2.75, 3.05) is 31.5 Å². The van der Waals surface area contributed by atoms with Crippen molar-refractivity contribution in [3.8, 4) is 0 Å². The maximum Gasteiger partial charge on any atom is 0.356 e. The molecule has 0 bridgehead atoms. The highest BCUT2D eigenvalue weighted by atomic mass is 16.5. The highest BCUT2D eigenvalue weighted by Crippen LogP contribution is 2.34. The lowest BCUT2D eigenvalue weighted by Gasteiger charge is -2.13. The molecule has 0 unspecified atom stereocenters. The van der Waals surface area contributed by atoms with Crippen LogP contribution in [0.25, 0.3) is 21.9 Å². The van der Waals surface area contributed by atoms with Crippen LogP contribution in [-0.2, 0) is 27.2 Å². The van der Waals surface area contributed by atoms with Crippen LogP contribution in [0.15, 0.2) is 42.7 Å². The first-order chi connectivity index (χ1) is 17.6. The van der Waals surface area contributed by atoms with Crippen LogP contribution in [0.3, 0.4) is 0 Å². The second kappa shape index (κ2) is 10.4. The number of carbonyl (C=O) groups is 2. The molecule has 4 aromatic rings. The van der Waals surface area contributed by atoms with Gasteiger partial charge in [0.15, 0.2) is 5.69 Å². The van der Waals surface area contributed by atoms with Gasteiger partial charge in [0.25, 0.3) is 0 Å². The van der Waals surface area contributed by atoms with Gasteiger partial charge < -0.3 is 29.7 Å². The molecule has 188 valence electrons. The van der Waals surface area contributed by atoms with Crippen LogP contribution in [0.1, 0.15) is 41.7 Å². The standard InChI is InChI=1S/C27H31N5O4/c1-35-16-23(33)31-24-21-13-19(30-18-7-3-4-8-18)15-29-26(21)32(25(24)27(34)36-2)12-11-17-14-28-22-10-6-5-9-20(17)22/h5-6,9-10,13-15,18,28,30H,3-4,7-8,11-12,16H2,1-2H3,(H,31,33). The van der Waals surface area contributed by atoms with Crippen molar-refractivity contribution < 1.29 is 19.1 Å². The molecule has 0 radical (unpaired) electrons. The summed E-state index contributed by atoms with van der Waals surface area (Å²) in [6.07, 6.45) is 9.11. The Morgan fingerprint density at radius 1 is 1.17 bits per heavy atom. The number of methoxy groups -OCH3 is 2. The van der Waals surface area contributed by atoms with Crippen molar-refractivity contribution in [2.24, 2.45) is 0 Å². The van der Waals surface area contributed by atoms with E-state index in [-0.39, 0.29) is 18.2 Å². The summed E-state index contributed by atoms with van der Waals surface area (Å²) in [7, 11) is 2.79. The predicted molar refractivity (Wildman–Crippen MR) is 139 cm³/mol. The van der Waals surface area contributed by atoms with Crippen molar-refractivity contribution in [3.05, 3.63) is 54.0 Å². The Morgan fingerprint density at radius 3 is 2.75 bits per heavy atom. The van der Waals surface area contributed by atoms with Gasteiger partial charge in [0, 0.05) is 42.2 Å². The second-order valence-electron chi connectivity index (χ2n) is 9.18. The number of esters is 1. The first kappa shape index (κ1) is 23.9. The molecule has 5 rings (SSSR count). The van der Waals surface area contributed by atoms with Crippen LogP contribution >= 0.6 is 0 Å². The van der Waals surface area contributed by atoms with Crippen LogP contribution in [0.4, 0.5) is 11.4 Å². The Morgan fingerprint density at radius 2 is 1.97 bits per heavy atom. The zero-order valence-corrected chi connectivity index (χ0v) is 20.6. The minimum Gasteiger partial charge on any atom is -0.464 e. The summed E-state index contributed by atoms with van der Waals surface area (Å²) in [5.74, 6) is -0.891. The molecular weight excluding hydrogens is 458 g/mol. The first-order valence-electron chi connectivity index (χ1n) is 12.3. The fourth-order valence-corrected chi connectivity index (χ4v) is 5.14. The SMILES string of the molecule is COCC(=O)Nc1c(C(=O)OC)n(CCc2c[nH]c3ccccc23)c2ncc(NC3CCCC3)cc12. The van der Waals surface area contributed by atoms with Crippen LogP contribution in [0, 0.1) is 0 Å². The molecule has 36 heavy (non-hydrogen) atoms. The minimum atomic E-state index is -0.537. The monoisotopic (exact) mass is 489 g/mol. The molecule has 1 fully saturated rings. The van der Waals surface area contributed by atoms with E-state index in [0.717, 1.165) is 35.0 Å². The summed E-state index contributed by atoms with van der Waals surface area (Å²) in [6.45, 7) is 0.349. The number of aryl methyl sites for hydroxylation is 2. The van der Waals surface area contributed by atoms with E-state index >= 15 is 0 Å². The van der Waals surface area contributed by atoms with E-state index in [4.69, 9.17) is 14.5 Å². The highest BCUT2D eigenvalue weighted by molar-refractivity contribution is 6.11. The number of nitrogens with one attached hydrogen (secondary N) is 3. The largest absolute Gasteiger partial charge is 0.464 e. The number of carbonyl (C=O) groups excluding carboxylic acids is 2. The summed E-state index contributed by atoms with van der Waals surface area (Å²) >= 11 is 0. The molecule has 9 heteroatoms. The van der Waals surface area contributed by atoms with Gasteiger partial charge in [-0.3, -0.25) is 4.79 Å². The lowest BCUT2D eigenvalue weighted by molar-refractivity contribution is -0.119. The smallest absolute Gasteiger partial charge is 0.356 e. The lowest BCUT2D eigenvalue weighted by Crippen LogP contribution is -2.20. The molecule has 3 heterocycles. The van der Waals surface area contributed by atoms with Gasteiger partial charge in [0.1, 0.15) is 12.3 Å². The maximum atomic E-state index is 13.0. The summed E-state index contributed by atoms with van der Waals surface area (Å²) in [5.41, 5.74) is 4.32. The number of pyridine rings is 1. The zero-order chi connectivity index (χ0) is 25.1. The number of hydrogen-bond acceptors (Lipinski definition) is 6. The number of aromatic nitrogens is 3. The molecular formula is C27H31N5O4. The van der Waals surface area contributed by atoms with Crippen LogP contribution < -0.4 is 10.6 Å². The number of ether oxygens (including phenoxy) is 2. The molecule has 1 amide bonds. The highest BCUT2D eigenvalue weighted by Gasteiger charge is 2.27. The first-order valence-corrected chi connectivity index (χ1v) is 12.3. The number of nitrogens with zero attached hydrogens (tertiary/aromatic N) is 2.